The molecule has 180 valence electrons. The van der Waals surface area contributed by atoms with Crippen LogP contribution >= 0.6 is 0 Å². The third-order valence-corrected chi connectivity index (χ3v) is 7.33. The summed E-state index contributed by atoms with van der Waals surface area (Å²) < 4.78 is 0. The molecule has 4 rings (SSSR count). The minimum absolute atomic E-state index is 0.208. The molecule has 1 saturated carbocycles. The zero-order chi connectivity index (χ0) is 24.1. The summed E-state index contributed by atoms with van der Waals surface area (Å²) in [4.78, 5) is 43.1. The molecule has 2 aromatic rings. The molecule has 6 heteroatoms. The van der Waals surface area contributed by atoms with Crippen molar-refractivity contribution in [1.82, 2.24) is 9.80 Å². The number of hydrogen-bond acceptors (Lipinski definition) is 3. The van der Waals surface area contributed by atoms with E-state index in [0.29, 0.717) is 25.8 Å². The molecule has 0 radical (unpaired) electrons. The number of amides is 4. The van der Waals surface area contributed by atoms with E-state index in [9.17, 15) is 14.4 Å². The maximum atomic E-state index is 13.6. The maximum Gasteiger partial charge on any atom is 0.328 e. The monoisotopic (exact) mass is 461 g/mol. The highest BCUT2D eigenvalue weighted by molar-refractivity contribution is 6.10. The molecule has 1 N–H and O–H groups in total. The van der Waals surface area contributed by atoms with Gasteiger partial charge in [-0.15, -0.1) is 0 Å². The number of imide groups is 1. The van der Waals surface area contributed by atoms with Crippen LogP contribution in [0.4, 0.5) is 10.5 Å². The van der Waals surface area contributed by atoms with E-state index >= 15 is 0 Å². The Kier molecular flexibility index (Phi) is 7.35. The smallest absolute Gasteiger partial charge is 0.324 e. The predicted octanol–water partition coefficient (Wildman–Crippen LogP) is 4.96. The first-order valence-electron chi connectivity index (χ1n) is 12.6. The Morgan fingerprint density at radius 1 is 0.912 bits per heavy atom. The number of urea groups is 1. The van der Waals surface area contributed by atoms with E-state index in [2.05, 4.69) is 19.2 Å². The van der Waals surface area contributed by atoms with E-state index in [4.69, 9.17) is 0 Å². The van der Waals surface area contributed by atoms with Gasteiger partial charge in [0.15, 0.2) is 0 Å². The van der Waals surface area contributed by atoms with E-state index in [1.54, 1.807) is 4.90 Å². The number of benzene rings is 2. The molecule has 1 aliphatic heterocycles. The van der Waals surface area contributed by atoms with Crippen molar-refractivity contribution < 1.29 is 14.4 Å². The predicted molar refractivity (Wildman–Crippen MR) is 134 cm³/mol. The van der Waals surface area contributed by atoms with Gasteiger partial charge in [-0.3, -0.25) is 14.5 Å². The van der Waals surface area contributed by atoms with E-state index in [-0.39, 0.29) is 24.4 Å². The van der Waals surface area contributed by atoms with Crippen LogP contribution in [0, 0.1) is 0 Å². The highest BCUT2D eigenvalue weighted by Crippen LogP contribution is 2.40. The molecule has 0 atom stereocenters. The molecule has 4 amide bonds. The van der Waals surface area contributed by atoms with Gasteiger partial charge in [-0.25, -0.2) is 4.79 Å². The van der Waals surface area contributed by atoms with Crippen molar-refractivity contribution >= 4 is 23.5 Å². The number of carbonyl (C=O) groups excluding carboxylic acids is 3. The van der Waals surface area contributed by atoms with Gasteiger partial charge < -0.3 is 10.2 Å². The Morgan fingerprint density at radius 3 is 2.18 bits per heavy atom. The quantitative estimate of drug-likeness (QED) is 0.565. The van der Waals surface area contributed by atoms with Crippen LogP contribution in [0.5, 0.6) is 0 Å². The van der Waals surface area contributed by atoms with Crippen LogP contribution in [-0.4, -0.2) is 46.3 Å². The largest absolute Gasteiger partial charge is 0.328 e. The van der Waals surface area contributed by atoms with Crippen molar-refractivity contribution in [2.24, 2.45) is 0 Å². The number of carbonyl (C=O) groups is 3. The fourth-order valence-electron chi connectivity index (χ4n) is 5.46. The molecule has 0 bridgehead atoms. The molecule has 0 unspecified atom stereocenters. The second-order valence-corrected chi connectivity index (χ2v) is 9.36. The Morgan fingerprint density at radius 2 is 1.56 bits per heavy atom. The first-order chi connectivity index (χ1) is 16.5. The van der Waals surface area contributed by atoms with Crippen LogP contribution in [0.2, 0.25) is 0 Å². The van der Waals surface area contributed by atoms with Crippen LogP contribution in [0.15, 0.2) is 48.5 Å². The average molecular weight is 462 g/mol. The first kappa shape index (κ1) is 24.0. The fourth-order valence-corrected chi connectivity index (χ4v) is 5.46. The number of nitrogens with zero attached hydrogens (tertiary/aromatic N) is 2. The highest BCUT2D eigenvalue weighted by atomic mass is 16.2. The lowest BCUT2D eigenvalue weighted by Crippen LogP contribution is -2.51. The summed E-state index contributed by atoms with van der Waals surface area (Å²) in [7, 11) is 0. The lowest BCUT2D eigenvalue weighted by atomic mass is 9.80. The third-order valence-electron chi connectivity index (χ3n) is 7.33. The summed E-state index contributed by atoms with van der Waals surface area (Å²) in [5.41, 5.74) is 3.25. The van der Waals surface area contributed by atoms with E-state index in [1.807, 2.05) is 48.5 Å². The molecule has 0 aromatic heterocycles. The number of rotatable bonds is 8. The number of aryl methyl sites for hydroxylation is 2. The van der Waals surface area contributed by atoms with Gasteiger partial charge in [-0.1, -0.05) is 81.6 Å². The van der Waals surface area contributed by atoms with Crippen molar-refractivity contribution in [3.8, 4) is 0 Å². The minimum atomic E-state index is -0.805. The summed E-state index contributed by atoms with van der Waals surface area (Å²) in [5.74, 6) is -0.534. The van der Waals surface area contributed by atoms with Gasteiger partial charge in [0.1, 0.15) is 12.1 Å². The molecule has 1 heterocycles. The SMILES string of the molecule is CCc1cccc(CC)c1NC(=O)CN1C(=O)N(CCc2ccccc2)C2(CCCCC2)C1=O. The van der Waals surface area contributed by atoms with Gasteiger partial charge in [-0.2, -0.15) is 0 Å². The second kappa shape index (κ2) is 10.4. The number of hydrogen-bond donors (Lipinski definition) is 1. The Labute approximate surface area is 202 Å². The van der Waals surface area contributed by atoms with Gasteiger partial charge in [0.25, 0.3) is 5.91 Å². The van der Waals surface area contributed by atoms with Gasteiger partial charge >= 0.3 is 6.03 Å². The topological polar surface area (TPSA) is 69.7 Å². The normalized spacial score (nSPS) is 17.5. The lowest BCUT2D eigenvalue weighted by Gasteiger charge is -2.38. The van der Waals surface area contributed by atoms with E-state index in [0.717, 1.165) is 54.5 Å². The van der Waals surface area contributed by atoms with Crippen LogP contribution in [0.25, 0.3) is 0 Å². The fraction of sp³-hybridized carbons (Fsp3) is 0.464. The van der Waals surface area contributed by atoms with Crippen LogP contribution in [-0.2, 0) is 28.9 Å². The zero-order valence-corrected chi connectivity index (χ0v) is 20.3. The van der Waals surface area contributed by atoms with Crippen molar-refractivity contribution in [1.29, 1.82) is 0 Å². The molecule has 1 aliphatic carbocycles. The highest BCUT2D eigenvalue weighted by Gasteiger charge is 2.57. The summed E-state index contributed by atoms with van der Waals surface area (Å²) in [6.45, 7) is 4.33. The van der Waals surface area contributed by atoms with Crippen molar-refractivity contribution in [3.05, 3.63) is 65.2 Å². The Balaban J connectivity index is 1.53. The Bertz CT molecular complexity index is 1020. The Hall–Kier alpha value is -3.15. The van der Waals surface area contributed by atoms with E-state index in [1.165, 1.54) is 4.90 Å². The molecular formula is C28H35N3O3. The van der Waals surface area contributed by atoms with Crippen molar-refractivity contribution in [2.75, 3.05) is 18.4 Å². The summed E-state index contributed by atoms with van der Waals surface area (Å²) in [5, 5.41) is 3.01. The van der Waals surface area contributed by atoms with Crippen LogP contribution in [0.1, 0.15) is 62.6 Å². The van der Waals surface area contributed by atoms with Gasteiger partial charge in [0, 0.05) is 12.2 Å². The molecular weight excluding hydrogens is 426 g/mol. The number of nitrogens with one attached hydrogen (secondary N) is 1. The van der Waals surface area contributed by atoms with Gasteiger partial charge in [-0.05, 0) is 48.8 Å². The lowest BCUT2D eigenvalue weighted by molar-refractivity contribution is -0.136. The van der Waals surface area contributed by atoms with Gasteiger partial charge in [0.05, 0.1) is 0 Å². The van der Waals surface area contributed by atoms with Crippen LogP contribution in [0.3, 0.4) is 0 Å². The average Bonchev–Trinajstić information content (AvgIpc) is 3.04. The zero-order valence-electron chi connectivity index (χ0n) is 20.3. The molecule has 2 aromatic carbocycles. The standard InChI is InChI=1S/C28H35N3O3/c1-3-22-14-11-15-23(4-2)25(22)29-24(32)20-30-26(33)28(17-9-6-10-18-28)31(27(30)34)19-16-21-12-7-5-8-13-21/h5,7-8,11-15H,3-4,6,9-10,16-20H2,1-2H3,(H,29,32). The molecule has 34 heavy (non-hydrogen) atoms. The van der Waals surface area contributed by atoms with Crippen molar-refractivity contribution in [3.63, 3.8) is 0 Å². The second-order valence-electron chi connectivity index (χ2n) is 9.36. The van der Waals surface area contributed by atoms with Gasteiger partial charge in [0.2, 0.25) is 5.91 Å². The number of anilines is 1. The minimum Gasteiger partial charge on any atom is -0.324 e. The summed E-state index contributed by atoms with van der Waals surface area (Å²) in [6, 6.07) is 15.7. The molecule has 1 spiro atoms. The third kappa shape index (κ3) is 4.59. The maximum absolute atomic E-state index is 13.6. The summed E-state index contributed by atoms with van der Waals surface area (Å²) >= 11 is 0. The molecule has 2 fully saturated rings. The van der Waals surface area contributed by atoms with E-state index < -0.39 is 5.54 Å². The number of para-hydroxylation sites is 1. The molecule has 2 aliphatic rings. The first-order valence-corrected chi connectivity index (χ1v) is 12.6. The van der Waals surface area contributed by atoms with Crippen molar-refractivity contribution in [2.45, 2.75) is 70.8 Å². The summed E-state index contributed by atoms with van der Waals surface area (Å²) in [6.07, 6.45) is 6.53. The van der Waals surface area contributed by atoms with Crippen LogP contribution < -0.4 is 5.32 Å². The molecule has 6 nitrogen and oxygen atoms in total. The molecule has 1 saturated heterocycles.